The molecule has 0 aliphatic carbocycles. The molecule has 1 aliphatic rings. The van der Waals surface area contributed by atoms with Crippen molar-refractivity contribution in [2.45, 2.75) is 26.4 Å². The Morgan fingerprint density at radius 2 is 2.23 bits per heavy atom. The van der Waals surface area contributed by atoms with Crippen LogP contribution in [0.3, 0.4) is 0 Å². The third-order valence-corrected chi connectivity index (χ3v) is 1.70. The Labute approximate surface area is 79.2 Å². The molecule has 1 unspecified atom stereocenters. The third-order valence-electron chi connectivity index (χ3n) is 1.70. The summed E-state index contributed by atoms with van der Waals surface area (Å²) in [6.45, 7) is 7.17. The van der Waals surface area contributed by atoms with E-state index in [9.17, 15) is 4.79 Å². The van der Waals surface area contributed by atoms with Crippen molar-refractivity contribution in [1.82, 2.24) is 5.32 Å². The van der Waals surface area contributed by atoms with Crippen LogP contribution in [0.4, 0.5) is 0 Å². The molecule has 0 amide bonds. The fourth-order valence-corrected chi connectivity index (χ4v) is 1.16. The first kappa shape index (κ1) is 10.3. The maximum Gasteiger partial charge on any atom is 0.314 e. The molecule has 1 rings (SSSR count). The van der Waals surface area contributed by atoms with Crippen LogP contribution in [0.15, 0.2) is 12.2 Å². The molecule has 0 aromatic carbocycles. The van der Waals surface area contributed by atoms with Gasteiger partial charge in [-0.2, -0.15) is 0 Å². The Hall–Kier alpha value is -0.830. The molecule has 3 heteroatoms. The largest absolute Gasteiger partial charge is 0.459 e. The van der Waals surface area contributed by atoms with Gasteiger partial charge in [-0.25, -0.2) is 0 Å². The highest BCUT2D eigenvalue weighted by Gasteiger charge is 2.23. The van der Waals surface area contributed by atoms with Gasteiger partial charge in [-0.05, 0) is 20.8 Å². The highest BCUT2D eigenvalue weighted by molar-refractivity contribution is 5.75. The number of hydrogen-bond donors (Lipinski definition) is 1. The zero-order valence-electron chi connectivity index (χ0n) is 8.46. The van der Waals surface area contributed by atoms with Crippen LogP contribution in [-0.4, -0.2) is 24.7 Å². The second-order valence-electron chi connectivity index (χ2n) is 4.23. The molecular formula is C10H17NO2. The summed E-state index contributed by atoms with van der Waals surface area (Å²) in [5, 5.41) is 3.11. The molecule has 1 N–H and O–H groups in total. The third kappa shape index (κ3) is 3.59. The smallest absolute Gasteiger partial charge is 0.314 e. The van der Waals surface area contributed by atoms with Crippen molar-refractivity contribution in [1.29, 1.82) is 0 Å². The molecule has 0 bridgehead atoms. The maximum atomic E-state index is 11.5. The summed E-state index contributed by atoms with van der Waals surface area (Å²) in [6.07, 6.45) is 3.86. The summed E-state index contributed by atoms with van der Waals surface area (Å²) in [5.74, 6) is -0.260. The molecule has 0 saturated carbocycles. The van der Waals surface area contributed by atoms with Crippen molar-refractivity contribution in [3.63, 3.8) is 0 Å². The van der Waals surface area contributed by atoms with Gasteiger partial charge >= 0.3 is 5.97 Å². The molecular weight excluding hydrogens is 166 g/mol. The van der Waals surface area contributed by atoms with E-state index in [1.807, 2.05) is 32.9 Å². The predicted octanol–water partition coefficient (Wildman–Crippen LogP) is 1.10. The molecule has 1 aliphatic heterocycles. The monoisotopic (exact) mass is 183 g/mol. The highest BCUT2D eigenvalue weighted by atomic mass is 16.6. The van der Waals surface area contributed by atoms with Gasteiger partial charge in [0.25, 0.3) is 0 Å². The molecule has 3 nitrogen and oxygen atoms in total. The normalized spacial score (nSPS) is 22.8. The second kappa shape index (κ2) is 3.92. The molecule has 74 valence electrons. The first-order valence-corrected chi connectivity index (χ1v) is 4.59. The van der Waals surface area contributed by atoms with Gasteiger partial charge in [0.15, 0.2) is 0 Å². The van der Waals surface area contributed by atoms with Gasteiger partial charge < -0.3 is 10.1 Å². The Morgan fingerprint density at radius 3 is 2.69 bits per heavy atom. The first-order valence-electron chi connectivity index (χ1n) is 4.59. The minimum atomic E-state index is -0.387. The molecule has 0 aromatic rings. The maximum absolute atomic E-state index is 11.5. The van der Waals surface area contributed by atoms with Crippen LogP contribution < -0.4 is 5.32 Å². The number of hydrogen-bond acceptors (Lipinski definition) is 3. The van der Waals surface area contributed by atoms with Gasteiger partial charge in [0.1, 0.15) is 5.60 Å². The number of carbonyl (C=O) groups is 1. The quantitative estimate of drug-likeness (QED) is 0.489. The van der Waals surface area contributed by atoms with Crippen LogP contribution in [0.1, 0.15) is 20.8 Å². The lowest BCUT2D eigenvalue weighted by Gasteiger charge is -2.23. The van der Waals surface area contributed by atoms with Crippen LogP contribution in [-0.2, 0) is 9.53 Å². The first-order chi connectivity index (χ1) is 5.99. The number of esters is 1. The fraction of sp³-hybridized carbons (Fsp3) is 0.700. The summed E-state index contributed by atoms with van der Waals surface area (Å²) in [5.41, 5.74) is -0.387. The van der Waals surface area contributed by atoms with Gasteiger partial charge in [0.05, 0.1) is 5.92 Å². The molecule has 1 atom stereocenters. The van der Waals surface area contributed by atoms with E-state index in [-0.39, 0.29) is 17.5 Å². The van der Waals surface area contributed by atoms with E-state index in [4.69, 9.17) is 4.74 Å². The second-order valence-corrected chi connectivity index (χ2v) is 4.23. The van der Waals surface area contributed by atoms with E-state index in [2.05, 4.69) is 5.32 Å². The Balaban J connectivity index is 2.47. The Kier molecular flexibility index (Phi) is 3.09. The molecule has 0 fully saturated rings. The van der Waals surface area contributed by atoms with Crippen LogP contribution in [0.25, 0.3) is 0 Å². The summed E-state index contributed by atoms with van der Waals surface area (Å²) >= 11 is 0. The lowest BCUT2D eigenvalue weighted by molar-refractivity contribution is -0.158. The van der Waals surface area contributed by atoms with E-state index in [1.54, 1.807) is 0 Å². The molecule has 1 heterocycles. The fourth-order valence-electron chi connectivity index (χ4n) is 1.16. The average Bonchev–Trinajstić information content (AvgIpc) is 2.03. The van der Waals surface area contributed by atoms with Gasteiger partial charge in [0, 0.05) is 13.1 Å². The lowest BCUT2D eigenvalue weighted by Crippen LogP contribution is -2.35. The number of rotatable bonds is 1. The van der Waals surface area contributed by atoms with E-state index in [0.717, 1.165) is 6.54 Å². The lowest BCUT2D eigenvalue weighted by atomic mass is 10.1. The van der Waals surface area contributed by atoms with Gasteiger partial charge in [-0.3, -0.25) is 4.79 Å². The van der Waals surface area contributed by atoms with Crippen molar-refractivity contribution >= 4 is 5.97 Å². The molecule has 0 saturated heterocycles. The summed E-state index contributed by atoms with van der Waals surface area (Å²) in [6, 6.07) is 0. The van der Waals surface area contributed by atoms with Crippen molar-refractivity contribution in [2.75, 3.05) is 13.1 Å². The van der Waals surface area contributed by atoms with E-state index < -0.39 is 0 Å². The van der Waals surface area contributed by atoms with Crippen molar-refractivity contribution in [3.05, 3.63) is 12.2 Å². The number of nitrogens with one attached hydrogen (secondary N) is 1. The summed E-state index contributed by atoms with van der Waals surface area (Å²) < 4.78 is 5.25. The average molecular weight is 183 g/mol. The zero-order valence-corrected chi connectivity index (χ0v) is 8.46. The van der Waals surface area contributed by atoms with E-state index >= 15 is 0 Å². The van der Waals surface area contributed by atoms with E-state index in [1.165, 1.54) is 0 Å². The highest BCUT2D eigenvalue weighted by Crippen LogP contribution is 2.12. The zero-order chi connectivity index (χ0) is 9.90. The summed E-state index contributed by atoms with van der Waals surface area (Å²) in [4.78, 5) is 11.5. The Morgan fingerprint density at radius 1 is 1.54 bits per heavy atom. The van der Waals surface area contributed by atoms with Gasteiger partial charge in [-0.1, -0.05) is 12.2 Å². The topological polar surface area (TPSA) is 38.3 Å². The minimum absolute atomic E-state index is 0.118. The molecule has 0 radical (unpaired) electrons. The predicted molar refractivity (Wildman–Crippen MR) is 51.3 cm³/mol. The van der Waals surface area contributed by atoms with Crippen molar-refractivity contribution in [2.24, 2.45) is 5.92 Å². The SMILES string of the molecule is CC(C)(C)OC(=O)C1C=CCNC1. The summed E-state index contributed by atoms with van der Waals surface area (Å²) in [7, 11) is 0. The number of carbonyl (C=O) groups excluding carboxylic acids is 1. The van der Waals surface area contributed by atoms with Gasteiger partial charge in [-0.15, -0.1) is 0 Å². The van der Waals surface area contributed by atoms with E-state index in [0.29, 0.717) is 6.54 Å². The Bertz CT molecular complexity index is 215. The van der Waals surface area contributed by atoms with Crippen LogP contribution in [0.2, 0.25) is 0 Å². The molecule has 13 heavy (non-hydrogen) atoms. The number of ether oxygens (including phenoxy) is 1. The van der Waals surface area contributed by atoms with Gasteiger partial charge in [0.2, 0.25) is 0 Å². The van der Waals surface area contributed by atoms with Crippen LogP contribution in [0, 0.1) is 5.92 Å². The van der Waals surface area contributed by atoms with Crippen LogP contribution >= 0.6 is 0 Å². The molecule has 0 aromatic heterocycles. The standard InChI is InChI=1S/C10H17NO2/c1-10(2,3)13-9(12)8-5-4-6-11-7-8/h4-5,8,11H,6-7H2,1-3H3. The minimum Gasteiger partial charge on any atom is -0.459 e. The van der Waals surface area contributed by atoms with Crippen molar-refractivity contribution < 1.29 is 9.53 Å². The molecule has 0 spiro atoms. The van der Waals surface area contributed by atoms with Crippen LogP contribution in [0.5, 0.6) is 0 Å². The van der Waals surface area contributed by atoms with Crippen molar-refractivity contribution in [3.8, 4) is 0 Å².